The number of rotatable bonds is 14. The Kier molecular flexibility index (Phi) is 10.7. The van der Waals surface area contributed by atoms with Gasteiger partial charge in [0, 0.05) is 23.5 Å². The lowest BCUT2D eigenvalue weighted by Gasteiger charge is -2.23. The highest BCUT2D eigenvalue weighted by Gasteiger charge is 2.29. The van der Waals surface area contributed by atoms with Crippen LogP contribution in [-0.4, -0.2) is 81.0 Å². The highest BCUT2D eigenvalue weighted by molar-refractivity contribution is 7.98. The Morgan fingerprint density at radius 2 is 1.67 bits per heavy atom. The molecule has 3 amide bonds. The number of carbonyl (C=O) groups is 5. The second-order valence-electron chi connectivity index (χ2n) is 8.24. The summed E-state index contributed by atoms with van der Waals surface area (Å²) < 4.78 is 0. The number of para-hydroxylation sites is 1. The van der Waals surface area contributed by atoms with Crippen LogP contribution >= 0.6 is 11.8 Å². The molecule has 2 rings (SSSR count). The third-order valence-corrected chi connectivity index (χ3v) is 6.08. The molecule has 0 radical (unpaired) electrons. The van der Waals surface area contributed by atoms with E-state index in [0.717, 1.165) is 10.9 Å². The number of aliphatic carboxylic acids is 2. The fourth-order valence-electron chi connectivity index (χ4n) is 3.46. The van der Waals surface area contributed by atoms with Crippen molar-refractivity contribution in [2.24, 2.45) is 5.73 Å². The van der Waals surface area contributed by atoms with Crippen LogP contribution in [0.3, 0.4) is 0 Å². The minimum absolute atomic E-state index is 0.0274. The van der Waals surface area contributed by atoms with Gasteiger partial charge in [0.1, 0.15) is 18.1 Å². The van der Waals surface area contributed by atoms with Gasteiger partial charge in [-0.25, -0.2) is 4.79 Å². The number of hydrogen-bond acceptors (Lipinski definition) is 7. The molecule has 0 fully saturated rings. The van der Waals surface area contributed by atoms with E-state index in [2.05, 4.69) is 20.9 Å². The molecule has 1 heterocycles. The molecule has 196 valence electrons. The summed E-state index contributed by atoms with van der Waals surface area (Å²) in [6, 6.07) is 2.63. The van der Waals surface area contributed by atoms with Gasteiger partial charge in [0.2, 0.25) is 17.7 Å². The first-order valence-electron chi connectivity index (χ1n) is 11.2. The number of H-pyrrole nitrogens is 1. The Morgan fingerprint density at radius 3 is 2.31 bits per heavy atom. The summed E-state index contributed by atoms with van der Waals surface area (Å²) in [5.41, 5.74) is 7.12. The second kappa shape index (κ2) is 13.5. The minimum atomic E-state index is -1.34. The number of nitrogens with one attached hydrogen (secondary N) is 4. The number of amides is 3. The fourth-order valence-corrected chi connectivity index (χ4v) is 3.93. The highest BCUT2D eigenvalue weighted by atomic mass is 32.2. The predicted octanol–water partition coefficient (Wildman–Crippen LogP) is -0.176. The number of carboxylic acid groups (broad SMARTS) is 2. The Balaban J connectivity index is 2.02. The van der Waals surface area contributed by atoms with Crippen LogP contribution < -0.4 is 21.7 Å². The standard InChI is InChI=1S/C23H31N5O7S/c1-12(26-22(33)17(7-8-36-2)27-21(32)15(24)10-19(29)30)20(31)28-18(23(34)35)9-13-11-25-16-6-4-3-5-14(13)16/h3-6,11-12,15,17-18,25H,7-10,24H2,1-2H3,(H,26,33)(H,27,32)(H,28,31)(H,29,30)(H,34,35). The van der Waals surface area contributed by atoms with Crippen LogP contribution in [0.25, 0.3) is 10.9 Å². The van der Waals surface area contributed by atoms with Crippen LogP contribution in [0.5, 0.6) is 0 Å². The lowest BCUT2D eigenvalue weighted by molar-refractivity contribution is -0.142. The molecule has 2 aromatic rings. The monoisotopic (exact) mass is 521 g/mol. The van der Waals surface area contributed by atoms with Crippen molar-refractivity contribution >= 4 is 52.3 Å². The van der Waals surface area contributed by atoms with Crippen LogP contribution in [0.1, 0.15) is 25.3 Å². The molecule has 8 N–H and O–H groups in total. The maximum absolute atomic E-state index is 12.8. The van der Waals surface area contributed by atoms with Crippen LogP contribution in [-0.2, 0) is 30.4 Å². The lowest BCUT2D eigenvalue weighted by Crippen LogP contribution is -2.56. The molecule has 0 aliphatic rings. The smallest absolute Gasteiger partial charge is 0.326 e. The molecule has 0 spiro atoms. The van der Waals surface area contributed by atoms with Gasteiger partial charge in [-0.3, -0.25) is 19.2 Å². The topological polar surface area (TPSA) is 204 Å². The van der Waals surface area contributed by atoms with Crippen molar-refractivity contribution in [1.29, 1.82) is 0 Å². The van der Waals surface area contributed by atoms with E-state index < -0.39 is 60.2 Å². The molecule has 1 aromatic carbocycles. The molecule has 36 heavy (non-hydrogen) atoms. The molecule has 0 aliphatic carbocycles. The number of carboxylic acids is 2. The van der Waals surface area contributed by atoms with Crippen molar-refractivity contribution < 1.29 is 34.2 Å². The molecule has 4 atom stereocenters. The summed E-state index contributed by atoms with van der Waals surface area (Å²) in [5, 5.41) is 26.6. The number of carbonyl (C=O) groups excluding carboxylic acids is 3. The molecule has 0 saturated carbocycles. The molecular formula is C23H31N5O7S. The molecule has 4 unspecified atom stereocenters. The first-order chi connectivity index (χ1) is 17.0. The molecule has 0 aliphatic heterocycles. The largest absolute Gasteiger partial charge is 0.481 e. The fraction of sp³-hybridized carbons (Fsp3) is 0.435. The number of nitrogens with two attached hydrogens (primary N) is 1. The van der Waals surface area contributed by atoms with Crippen molar-refractivity contribution in [2.75, 3.05) is 12.0 Å². The SMILES string of the molecule is CSCCC(NC(=O)C(N)CC(=O)O)C(=O)NC(C)C(=O)NC(Cc1c[nH]c2ccccc12)C(=O)O. The lowest BCUT2D eigenvalue weighted by atomic mass is 10.0. The van der Waals surface area contributed by atoms with E-state index in [-0.39, 0.29) is 12.8 Å². The third-order valence-electron chi connectivity index (χ3n) is 5.44. The molecule has 12 nitrogen and oxygen atoms in total. The molecule has 1 aromatic heterocycles. The Labute approximate surface area is 211 Å². The number of thioether (sulfide) groups is 1. The van der Waals surface area contributed by atoms with Gasteiger partial charge in [-0.2, -0.15) is 11.8 Å². The number of hydrogen-bond donors (Lipinski definition) is 7. The summed E-state index contributed by atoms with van der Waals surface area (Å²) in [6.45, 7) is 1.39. The van der Waals surface area contributed by atoms with E-state index in [1.165, 1.54) is 18.7 Å². The summed E-state index contributed by atoms with van der Waals surface area (Å²) in [6.07, 6.45) is 3.13. The van der Waals surface area contributed by atoms with E-state index in [9.17, 15) is 29.1 Å². The third kappa shape index (κ3) is 8.27. The molecule has 0 saturated heterocycles. The Bertz CT molecular complexity index is 1110. The summed E-state index contributed by atoms with van der Waals surface area (Å²) in [4.78, 5) is 63.3. The zero-order valence-electron chi connectivity index (χ0n) is 19.9. The summed E-state index contributed by atoms with van der Waals surface area (Å²) in [5.74, 6) is -4.18. The maximum atomic E-state index is 12.8. The van der Waals surface area contributed by atoms with Gasteiger partial charge in [0.15, 0.2) is 0 Å². The van der Waals surface area contributed by atoms with Gasteiger partial charge in [-0.05, 0) is 37.0 Å². The number of fused-ring (bicyclic) bond motifs is 1. The average Bonchev–Trinajstić information content (AvgIpc) is 3.23. The van der Waals surface area contributed by atoms with E-state index in [1.54, 1.807) is 6.20 Å². The van der Waals surface area contributed by atoms with E-state index in [4.69, 9.17) is 10.8 Å². The Morgan fingerprint density at radius 1 is 1.00 bits per heavy atom. The number of benzene rings is 1. The number of aromatic nitrogens is 1. The highest BCUT2D eigenvalue weighted by Crippen LogP contribution is 2.19. The Hall–Kier alpha value is -3.58. The second-order valence-corrected chi connectivity index (χ2v) is 9.23. The van der Waals surface area contributed by atoms with Gasteiger partial charge >= 0.3 is 11.9 Å². The van der Waals surface area contributed by atoms with Crippen LogP contribution in [0.15, 0.2) is 30.5 Å². The quantitative estimate of drug-likeness (QED) is 0.176. The van der Waals surface area contributed by atoms with Crippen molar-refractivity contribution in [2.45, 2.75) is 50.4 Å². The molecular weight excluding hydrogens is 490 g/mol. The van der Waals surface area contributed by atoms with Crippen LogP contribution in [0, 0.1) is 0 Å². The number of aromatic amines is 1. The minimum Gasteiger partial charge on any atom is -0.481 e. The normalized spacial score (nSPS) is 14.3. The van der Waals surface area contributed by atoms with Crippen LogP contribution in [0.4, 0.5) is 0 Å². The van der Waals surface area contributed by atoms with E-state index in [1.807, 2.05) is 30.5 Å². The van der Waals surface area contributed by atoms with Crippen molar-refractivity contribution in [3.8, 4) is 0 Å². The first kappa shape index (κ1) is 28.7. The van der Waals surface area contributed by atoms with Crippen LogP contribution in [0.2, 0.25) is 0 Å². The van der Waals surface area contributed by atoms with Crippen molar-refractivity contribution in [1.82, 2.24) is 20.9 Å². The molecule has 0 bridgehead atoms. The zero-order chi connectivity index (χ0) is 26.8. The van der Waals surface area contributed by atoms with Gasteiger partial charge in [0.05, 0.1) is 12.5 Å². The van der Waals surface area contributed by atoms with E-state index in [0.29, 0.717) is 11.3 Å². The first-order valence-corrected chi connectivity index (χ1v) is 12.6. The predicted molar refractivity (Wildman–Crippen MR) is 134 cm³/mol. The average molecular weight is 522 g/mol. The van der Waals surface area contributed by atoms with Gasteiger partial charge < -0.3 is 36.9 Å². The van der Waals surface area contributed by atoms with Gasteiger partial charge in [-0.1, -0.05) is 18.2 Å². The van der Waals surface area contributed by atoms with Crippen molar-refractivity contribution in [3.63, 3.8) is 0 Å². The van der Waals surface area contributed by atoms with Gasteiger partial charge in [0.25, 0.3) is 0 Å². The van der Waals surface area contributed by atoms with Gasteiger partial charge in [-0.15, -0.1) is 0 Å². The maximum Gasteiger partial charge on any atom is 0.326 e. The zero-order valence-corrected chi connectivity index (χ0v) is 20.8. The van der Waals surface area contributed by atoms with E-state index >= 15 is 0 Å². The summed E-state index contributed by atoms with van der Waals surface area (Å²) in [7, 11) is 0. The van der Waals surface area contributed by atoms with Crippen molar-refractivity contribution in [3.05, 3.63) is 36.0 Å². The molecule has 13 heteroatoms. The summed E-state index contributed by atoms with van der Waals surface area (Å²) >= 11 is 1.43.